The Morgan fingerprint density at radius 3 is 2.26 bits per heavy atom. The van der Waals surface area contributed by atoms with E-state index in [4.69, 9.17) is 0 Å². The van der Waals surface area contributed by atoms with E-state index in [1.807, 2.05) is 0 Å². The van der Waals surface area contributed by atoms with Crippen LogP contribution >= 0.6 is 15.9 Å². The highest BCUT2D eigenvalue weighted by Crippen LogP contribution is 2.38. The number of likely N-dealkylation sites (tertiary alicyclic amines) is 1. The standard InChI is InChI=1S/C17H23BrN4O/c18-15-8-19-17(20-9-15)21-6-4-12(5-7-21)16(23)22-10-13-2-1-3-14(13)11-22/h8-9,12-14H,1-7,10-11H2. The molecule has 0 spiro atoms. The first-order valence-electron chi connectivity index (χ1n) is 8.72. The van der Waals surface area contributed by atoms with Gasteiger partial charge in [-0.05, 0) is 53.4 Å². The molecule has 2 saturated heterocycles. The number of rotatable bonds is 2. The summed E-state index contributed by atoms with van der Waals surface area (Å²) in [6.07, 6.45) is 9.42. The van der Waals surface area contributed by atoms with Crippen molar-refractivity contribution in [1.82, 2.24) is 14.9 Å². The van der Waals surface area contributed by atoms with E-state index in [1.165, 1.54) is 19.3 Å². The first kappa shape index (κ1) is 15.4. The molecule has 5 nitrogen and oxygen atoms in total. The lowest BCUT2D eigenvalue weighted by Crippen LogP contribution is -2.42. The van der Waals surface area contributed by atoms with Gasteiger partial charge in [0.1, 0.15) is 0 Å². The van der Waals surface area contributed by atoms with Crippen LogP contribution in [0, 0.1) is 17.8 Å². The normalized spacial score (nSPS) is 28.2. The van der Waals surface area contributed by atoms with Gasteiger partial charge in [0.25, 0.3) is 0 Å². The molecule has 2 aliphatic heterocycles. The van der Waals surface area contributed by atoms with E-state index < -0.39 is 0 Å². The van der Waals surface area contributed by atoms with Crippen molar-refractivity contribution in [2.45, 2.75) is 32.1 Å². The lowest BCUT2D eigenvalue weighted by atomic mass is 9.95. The quantitative estimate of drug-likeness (QED) is 0.793. The van der Waals surface area contributed by atoms with Crippen LogP contribution in [-0.4, -0.2) is 47.0 Å². The van der Waals surface area contributed by atoms with Gasteiger partial charge in [-0.25, -0.2) is 9.97 Å². The van der Waals surface area contributed by atoms with Crippen LogP contribution in [0.4, 0.5) is 5.95 Å². The summed E-state index contributed by atoms with van der Waals surface area (Å²) < 4.78 is 0.894. The fourth-order valence-corrected chi connectivity index (χ4v) is 4.67. The van der Waals surface area contributed by atoms with Crippen LogP contribution in [0.3, 0.4) is 0 Å². The second kappa shape index (κ2) is 6.38. The molecule has 124 valence electrons. The molecule has 3 aliphatic rings. The molecule has 3 heterocycles. The maximum absolute atomic E-state index is 12.8. The van der Waals surface area contributed by atoms with Crippen LogP contribution in [0.1, 0.15) is 32.1 Å². The molecule has 1 aromatic heterocycles. The summed E-state index contributed by atoms with van der Waals surface area (Å²) in [5.41, 5.74) is 0. The summed E-state index contributed by atoms with van der Waals surface area (Å²) in [4.78, 5) is 25.9. The van der Waals surface area contributed by atoms with Gasteiger partial charge in [-0.1, -0.05) is 6.42 Å². The number of carbonyl (C=O) groups is 1. The van der Waals surface area contributed by atoms with Gasteiger partial charge < -0.3 is 9.80 Å². The predicted molar refractivity (Wildman–Crippen MR) is 92.1 cm³/mol. The first-order valence-corrected chi connectivity index (χ1v) is 9.51. The highest BCUT2D eigenvalue weighted by Gasteiger charge is 2.40. The zero-order chi connectivity index (χ0) is 15.8. The van der Waals surface area contributed by atoms with Crippen molar-refractivity contribution in [1.29, 1.82) is 0 Å². The zero-order valence-electron chi connectivity index (χ0n) is 13.3. The third-order valence-electron chi connectivity index (χ3n) is 5.77. The number of amides is 1. The smallest absolute Gasteiger partial charge is 0.225 e. The summed E-state index contributed by atoms with van der Waals surface area (Å²) in [5, 5.41) is 0. The molecule has 6 heteroatoms. The Hall–Kier alpha value is -1.17. The monoisotopic (exact) mass is 378 g/mol. The number of nitrogens with zero attached hydrogens (tertiary/aromatic N) is 4. The second-order valence-corrected chi connectivity index (χ2v) is 8.07. The molecule has 1 amide bonds. The molecule has 23 heavy (non-hydrogen) atoms. The largest absolute Gasteiger partial charge is 0.342 e. The molecule has 1 aromatic rings. The van der Waals surface area contributed by atoms with E-state index in [-0.39, 0.29) is 5.92 Å². The number of carbonyl (C=O) groups excluding carboxylic acids is 1. The number of hydrogen-bond acceptors (Lipinski definition) is 4. The van der Waals surface area contributed by atoms with E-state index in [0.717, 1.165) is 61.3 Å². The average Bonchev–Trinajstić information content (AvgIpc) is 3.17. The molecule has 2 atom stereocenters. The lowest BCUT2D eigenvalue weighted by molar-refractivity contribution is -0.135. The highest BCUT2D eigenvalue weighted by molar-refractivity contribution is 9.10. The third-order valence-corrected chi connectivity index (χ3v) is 6.18. The summed E-state index contributed by atoms with van der Waals surface area (Å²) >= 11 is 3.36. The maximum Gasteiger partial charge on any atom is 0.225 e. The van der Waals surface area contributed by atoms with E-state index in [1.54, 1.807) is 12.4 Å². The fraction of sp³-hybridized carbons (Fsp3) is 0.706. The Morgan fingerprint density at radius 1 is 1.04 bits per heavy atom. The van der Waals surface area contributed by atoms with Crippen LogP contribution in [0.25, 0.3) is 0 Å². The Bertz CT molecular complexity index is 558. The molecule has 2 unspecified atom stereocenters. The number of piperidine rings is 1. The van der Waals surface area contributed by atoms with Crippen LogP contribution in [0.2, 0.25) is 0 Å². The van der Waals surface area contributed by atoms with E-state index in [2.05, 4.69) is 35.7 Å². The van der Waals surface area contributed by atoms with Crippen molar-refractivity contribution in [3.05, 3.63) is 16.9 Å². The topological polar surface area (TPSA) is 49.3 Å². The molecular formula is C17H23BrN4O. The van der Waals surface area contributed by atoms with Gasteiger partial charge in [0.05, 0.1) is 4.47 Å². The molecule has 0 bridgehead atoms. The van der Waals surface area contributed by atoms with Crippen molar-refractivity contribution in [2.75, 3.05) is 31.1 Å². The van der Waals surface area contributed by atoms with Gasteiger partial charge in [-0.3, -0.25) is 4.79 Å². The van der Waals surface area contributed by atoms with E-state index in [9.17, 15) is 4.79 Å². The minimum atomic E-state index is 0.195. The van der Waals surface area contributed by atoms with Crippen LogP contribution < -0.4 is 4.90 Å². The van der Waals surface area contributed by atoms with Crippen molar-refractivity contribution >= 4 is 27.8 Å². The molecule has 1 saturated carbocycles. The van der Waals surface area contributed by atoms with Gasteiger partial charge in [0.2, 0.25) is 11.9 Å². The fourth-order valence-electron chi connectivity index (χ4n) is 4.47. The molecule has 0 N–H and O–H groups in total. The number of aromatic nitrogens is 2. The highest BCUT2D eigenvalue weighted by atomic mass is 79.9. The minimum absolute atomic E-state index is 0.195. The number of anilines is 1. The second-order valence-electron chi connectivity index (χ2n) is 7.16. The van der Waals surface area contributed by atoms with E-state index >= 15 is 0 Å². The number of fused-ring (bicyclic) bond motifs is 1. The third kappa shape index (κ3) is 3.10. The summed E-state index contributed by atoms with van der Waals surface area (Å²) in [6, 6.07) is 0. The SMILES string of the molecule is O=C(C1CCN(c2ncc(Br)cn2)CC1)N1CC2CCCC2C1. The Labute approximate surface area is 145 Å². The molecule has 0 radical (unpaired) electrons. The van der Waals surface area contributed by atoms with Crippen LogP contribution in [-0.2, 0) is 4.79 Å². The van der Waals surface area contributed by atoms with Crippen molar-refractivity contribution in [3.8, 4) is 0 Å². The van der Waals surface area contributed by atoms with Gasteiger partial charge in [0.15, 0.2) is 0 Å². The molecule has 1 aliphatic carbocycles. The average molecular weight is 379 g/mol. The summed E-state index contributed by atoms with van der Waals surface area (Å²) in [5.74, 6) is 2.94. The van der Waals surface area contributed by atoms with Gasteiger partial charge in [-0.15, -0.1) is 0 Å². The molecule has 3 fully saturated rings. The van der Waals surface area contributed by atoms with Gasteiger partial charge in [-0.2, -0.15) is 0 Å². The molecule has 0 aromatic carbocycles. The van der Waals surface area contributed by atoms with Crippen molar-refractivity contribution < 1.29 is 4.79 Å². The summed E-state index contributed by atoms with van der Waals surface area (Å²) in [7, 11) is 0. The molecular weight excluding hydrogens is 356 g/mol. The number of hydrogen-bond donors (Lipinski definition) is 0. The first-order chi connectivity index (χ1) is 11.2. The van der Waals surface area contributed by atoms with Gasteiger partial charge in [0, 0.05) is 44.5 Å². The maximum atomic E-state index is 12.8. The van der Waals surface area contributed by atoms with Crippen molar-refractivity contribution in [3.63, 3.8) is 0 Å². The minimum Gasteiger partial charge on any atom is -0.342 e. The zero-order valence-corrected chi connectivity index (χ0v) is 14.9. The van der Waals surface area contributed by atoms with E-state index in [0.29, 0.717) is 5.91 Å². The van der Waals surface area contributed by atoms with Gasteiger partial charge >= 0.3 is 0 Å². The van der Waals surface area contributed by atoms with Crippen LogP contribution in [0.5, 0.6) is 0 Å². The Morgan fingerprint density at radius 2 is 1.65 bits per heavy atom. The lowest BCUT2D eigenvalue weighted by Gasteiger charge is -2.33. The molecule has 4 rings (SSSR count). The Balaban J connectivity index is 1.32. The Kier molecular flexibility index (Phi) is 4.26. The number of halogens is 1. The predicted octanol–water partition coefficient (Wildman–Crippen LogP) is 2.71. The van der Waals surface area contributed by atoms with Crippen LogP contribution in [0.15, 0.2) is 16.9 Å². The van der Waals surface area contributed by atoms with Crippen molar-refractivity contribution in [2.24, 2.45) is 17.8 Å². The summed E-state index contributed by atoms with van der Waals surface area (Å²) in [6.45, 7) is 3.77.